The van der Waals surface area contributed by atoms with Gasteiger partial charge < -0.3 is 19.9 Å². The van der Waals surface area contributed by atoms with Crippen molar-refractivity contribution in [3.05, 3.63) is 101 Å². The molecule has 0 bridgehead atoms. The summed E-state index contributed by atoms with van der Waals surface area (Å²) in [6, 6.07) is 22.9. The standard InChI is InChI=1S/C30H35N3O3/c1-21-10-11-26(16-22(21)2)30-27(20-33(32-30)19-24-8-6-5-7-9-24)18-31-23(3)25-12-13-28(36-15-14-34)29(17-25)35-4/h5-13,16-17,20,23,31,34H,14-15,18-19H2,1-4H3/t23-/m0/s1. The van der Waals surface area contributed by atoms with Crippen molar-refractivity contribution in [1.29, 1.82) is 0 Å². The van der Waals surface area contributed by atoms with E-state index in [9.17, 15) is 0 Å². The zero-order valence-electron chi connectivity index (χ0n) is 21.5. The number of nitrogens with one attached hydrogen (secondary N) is 1. The van der Waals surface area contributed by atoms with Crippen LogP contribution in [0.15, 0.2) is 72.9 Å². The number of rotatable bonds is 11. The molecule has 0 amide bonds. The van der Waals surface area contributed by atoms with Gasteiger partial charge in [0, 0.05) is 29.9 Å². The van der Waals surface area contributed by atoms with Crippen molar-refractivity contribution in [3.63, 3.8) is 0 Å². The zero-order valence-corrected chi connectivity index (χ0v) is 21.5. The third-order valence-corrected chi connectivity index (χ3v) is 6.44. The maximum Gasteiger partial charge on any atom is 0.161 e. The summed E-state index contributed by atoms with van der Waals surface area (Å²) in [5.41, 5.74) is 8.11. The largest absolute Gasteiger partial charge is 0.493 e. The maximum atomic E-state index is 9.05. The number of ether oxygens (including phenoxy) is 2. The van der Waals surface area contributed by atoms with Crippen molar-refractivity contribution in [2.45, 2.75) is 39.9 Å². The fourth-order valence-corrected chi connectivity index (χ4v) is 4.18. The van der Waals surface area contributed by atoms with Crippen LogP contribution < -0.4 is 14.8 Å². The number of benzene rings is 3. The highest BCUT2D eigenvalue weighted by Gasteiger charge is 2.15. The molecule has 6 heteroatoms. The summed E-state index contributed by atoms with van der Waals surface area (Å²) in [6.45, 7) is 7.99. The normalized spacial score (nSPS) is 11.9. The lowest BCUT2D eigenvalue weighted by atomic mass is 10.0. The van der Waals surface area contributed by atoms with E-state index in [0.29, 0.717) is 18.0 Å². The molecule has 0 radical (unpaired) electrons. The number of methoxy groups -OCH3 is 1. The summed E-state index contributed by atoms with van der Waals surface area (Å²) >= 11 is 0. The minimum absolute atomic E-state index is 0.0380. The van der Waals surface area contributed by atoms with Gasteiger partial charge in [-0.15, -0.1) is 0 Å². The number of aryl methyl sites for hydroxylation is 2. The smallest absolute Gasteiger partial charge is 0.161 e. The van der Waals surface area contributed by atoms with Crippen LogP contribution >= 0.6 is 0 Å². The van der Waals surface area contributed by atoms with Crippen LogP contribution in [-0.2, 0) is 13.1 Å². The Labute approximate surface area is 213 Å². The predicted molar refractivity (Wildman–Crippen MR) is 144 cm³/mol. The molecule has 188 valence electrons. The number of aromatic nitrogens is 2. The summed E-state index contributed by atoms with van der Waals surface area (Å²) in [5.74, 6) is 1.28. The Hall–Kier alpha value is -3.61. The summed E-state index contributed by atoms with van der Waals surface area (Å²) in [7, 11) is 1.62. The quantitative estimate of drug-likeness (QED) is 0.296. The van der Waals surface area contributed by atoms with Crippen molar-refractivity contribution in [2.75, 3.05) is 20.3 Å². The fourth-order valence-electron chi connectivity index (χ4n) is 4.18. The van der Waals surface area contributed by atoms with Crippen LogP contribution in [-0.4, -0.2) is 35.2 Å². The highest BCUT2D eigenvalue weighted by atomic mass is 16.5. The molecular weight excluding hydrogens is 450 g/mol. The van der Waals surface area contributed by atoms with E-state index in [1.54, 1.807) is 7.11 Å². The molecule has 4 rings (SSSR count). The molecule has 4 aromatic rings. The number of nitrogens with zero attached hydrogens (tertiary/aromatic N) is 2. The van der Waals surface area contributed by atoms with E-state index < -0.39 is 0 Å². The molecule has 36 heavy (non-hydrogen) atoms. The predicted octanol–water partition coefficient (Wildman–Crippen LogP) is 5.45. The topological polar surface area (TPSA) is 68.5 Å². The van der Waals surface area contributed by atoms with E-state index >= 15 is 0 Å². The molecule has 0 fully saturated rings. The van der Waals surface area contributed by atoms with Crippen LogP contribution in [0.3, 0.4) is 0 Å². The molecule has 2 N–H and O–H groups in total. The van der Waals surface area contributed by atoms with E-state index in [-0.39, 0.29) is 19.3 Å². The van der Waals surface area contributed by atoms with E-state index in [4.69, 9.17) is 19.7 Å². The molecule has 1 heterocycles. The molecule has 0 aliphatic rings. The Morgan fingerprint density at radius 1 is 0.972 bits per heavy atom. The molecule has 0 aliphatic carbocycles. The van der Waals surface area contributed by atoms with Gasteiger partial charge in [-0.25, -0.2) is 0 Å². The molecule has 6 nitrogen and oxygen atoms in total. The Morgan fingerprint density at radius 2 is 1.78 bits per heavy atom. The number of hydrogen-bond acceptors (Lipinski definition) is 5. The minimum Gasteiger partial charge on any atom is -0.493 e. The number of hydrogen-bond donors (Lipinski definition) is 2. The third-order valence-electron chi connectivity index (χ3n) is 6.44. The van der Waals surface area contributed by atoms with Gasteiger partial charge in [0.15, 0.2) is 11.5 Å². The second-order valence-corrected chi connectivity index (χ2v) is 9.07. The van der Waals surface area contributed by atoms with Crippen molar-refractivity contribution in [2.24, 2.45) is 0 Å². The Bertz CT molecular complexity index is 1280. The SMILES string of the molecule is COc1cc([C@H](C)NCc2cn(Cc3ccccc3)nc2-c2ccc(C)c(C)c2)ccc1OCCO. The molecule has 1 aromatic heterocycles. The number of aliphatic hydroxyl groups excluding tert-OH is 1. The molecule has 1 atom stereocenters. The van der Waals surface area contributed by atoms with Gasteiger partial charge >= 0.3 is 0 Å². The maximum absolute atomic E-state index is 9.05. The lowest BCUT2D eigenvalue weighted by Gasteiger charge is -2.17. The lowest BCUT2D eigenvalue weighted by Crippen LogP contribution is -2.18. The molecule has 0 saturated carbocycles. The average Bonchev–Trinajstić information content (AvgIpc) is 3.30. The first kappa shape index (κ1) is 25.5. The lowest BCUT2D eigenvalue weighted by molar-refractivity contribution is 0.196. The van der Waals surface area contributed by atoms with Gasteiger partial charge in [0.2, 0.25) is 0 Å². The Kier molecular flexibility index (Phi) is 8.41. The fraction of sp³-hybridized carbons (Fsp3) is 0.300. The van der Waals surface area contributed by atoms with Gasteiger partial charge in [-0.05, 0) is 61.2 Å². The summed E-state index contributed by atoms with van der Waals surface area (Å²) in [5, 5.41) is 17.7. The van der Waals surface area contributed by atoms with E-state index in [1.807, 2.05) is 28.9 Å². The van der Waals surface area contributed by atoms with Crippen LogP contribution in [0.25, 0.3) is 11.3 Å². The van der Waals surface area contributed by atoms with Crippen molar-refractivity contribution in [1.82, 2.24) is 15.1 Å². The molecular formula is C30H35N3O3. The van der Waals surface area contributed by atoms with Gasteiger partial charge in [0.1, 0.15) is 6.61 Å². The van der Waals surface area contributed by atoms with E-state index in [2.05, 4.69) is 74.7 Å². The Balaban J connectivity index is 1.56. The van der Waals surface area contributed by atoms with Gasteiger partial charge in [-0.1, -0.05) is 48.5 Å². The third kappa shape index (κ3) is 6.14. The number of aliphatic hydroxyl groups is 1. The van der Waals surface area contributed by atoms with Gasteiger partial charge in [0.25, 0.3) is 0 Å². The first-order valence-electron chi connectivity index (χ1n) is 12.3. The summed E-state index contributed by atoms with van der Waals surface area (Å²) < 4.78 is 13.1. The highest BCUT2D eigenvalue weighted by Crippen LogP contribution is 2.31. The van der Waals surface area contributed by atoms with Gasteiger partial charge in [0.05, 0.1) is 26.0 Å². The summed E-state index contributed by atoms with van der Waals surface area (Å²) in [6.07, 6.45) is 2.14. The average molecular weight is 486 g/mol. The second kappa shape index (κ2) is 11.9. The van der Waals surface area contributed by atoms with Crippen LogP contribution in [0.1, 0.15) is 40.8 Å². The zero-order chi connectivity index (χ0) is 25.5. The minimum atomic E-state index is -0.0380. The van der Waals surface area contributed by atoms with E-state index in [0.717, 1.165) is 28.9 Å². The molecule has 0 spiro atoms. The van der Waals surface area contributed by atoms with Crippen LogP contribution in [0, 0.1) is 13.8 Å². The van der Waals surface area contributed by atoms with E-state index in [1.165, 1.54) is 16.7 Å². The Morgan fingerprint density at radius 3 is 2.50 bits per heavy atom. The van der Waals surface area contributed by atoms with Crippen LogP contribution in [0.5, 0.6) is 11.5 Å². The summed E-state index contributed by atoms with van der Waals surface area (Å²) in [4.78, 5) is 0. The van der Waals surface area contributed by atoms with Crippen LogP contribution in [0.2, 0.25) is 0 Å². The monoisotopic (exact) mass is 485 g/mol. The molecule has 0 unspecified atom stereocenters. The second-order valence-electron chi connectivity index (χ2n) is 9.07. The van der Waals surface area contributed by atoms with Gasteiger partial charge in [-0.3, -0.25) is 4.68 Å². The van der Waals surface area contributed by atoms with Crippen molar-refractivity contribution >= 4 is 0 Å². The van der Waals surface area contributed by atoms with Crippen molar-refractivity contribution in [3.8, 4) is 22.8 Å². The van der Waals surface area contributed by atoms with Crippen LogP contribution in [0.4, 0.5) is 0 Å². The molecule has 3 aromatic carbocycles. The van der Waals surface area contributed by atoms with Crippen molar-refractivity contribution < 1.29 is 14.6 Å². The first-order valence-corrected chi connectivity index (χ1v) is 12.3. The highest BCUT2D eigenvalue weighted by molar-refractivity contribution is 5.64. The molecule has 0 saturated heterocycles. The molecule has 0 aliphatic heterocycles. The van der Waals surface area contributed by atoms with Gasteiger partial charge in [-0.2, -0.15) is 5.10 Å². The first-order chi connectivity index (χ1) is 17.5.